The standard InChI is InChI=1S/C15H13Cl2NO4S/c1-22-15(19)10-18(11-5-3-2-4-6-11)23(20,21)12-7-8-13(16)14(17)9-12/h2-9H,10H2,1H3. The molecule has 0 aliphatic rings. The van der Waals surface area contributed by atoms with E-state index in [0.29, 0.717) is 5.69 Å². The minimum Gasteiger partial charge on any atom is -0.468 e. The Morgan fingerprint density at radius 1 is 1.09 bits per heavy atom. The summed E-state index contributed by atoms with van der Waals surface area (Å²) < 4.78 is 31.3. The van der Waals surface area contributed by atoms with Crippen LogP contribution in [-0.4, -0.2) is 28.0 Å². The number of esters is 1. The molecular formula is C15H13Cl2NO4S. The summed E-state index contributed by atoms with van der Waals surface area (Å²) in [5.41, 5.74) is 0.337. The molecule has 0 radical (unpaired) electrons. The minimum absolute atomic E-state index is 0.0698. The van der Waals surface area contributed by atoms with Gasteiger partial charge in [-0.3, -0.25) is 9.10 Å². The summed E-state index contributed by atoms with van der Waals surface area (Å²) in [6.45, 7) is -0.455. The second-order valence-electron chi connectivity index (χ2n) is 4.50. The monoisotopic (exact) mass is 373 g/mol. The summed E-state index contributed by atoms with van der Waals surface area (Å²) in [6.07, 6.45) is 0. The molecule has 0 aromatic heterocycles. The molecule has 122 valence electrons. The quantitative estimate of drug-likeness (QED) is 0.753. The summed E-state index contributed by atoms with van der Waals surface area (Å²) in [5, 5.41) is 0.351. The number of carbonyl (C=O) groups is 1. The molecule has 0 bridgehead atoms. The topological polar surface area (TPSA) is 63.7 Å². The van der Waals surface area contributed by atoms with E-state index in [9.17, 15) is 13.2 Å². The van der Waals surface area contributed by atoms with E-state index >= 15 is 0 Å². The lowest BCUT2D eigenvalue weighted by Gasteiger charge is -2.23. The van der Waals surface area contributed by atoms with Crippen molar-refractivity contribution in [3.63, 3.8) is 0 Å². The summed E-state index contributed by atoms with van der Waals surface area (Å²) in [7, 11) is -2.82. The number of halogens is 2. The van der Waals surface area contributed by atoms with Crippen LogP contribution in [0, 0.1) is 0 Å². The van der Waals surface area contributed by atoms with Crippen LogP contribution in [0.2, 0.25) is 10.0 Å². The first-order valence-electron chi connectivity index (χ1n) is 6.46. The Kier molecular flexibility index (Phi) is 5.51. The number of anilines is 1. The molecular weight excluding hydrogens is 361 g/mol. The van der Waals surface area contributed by atoms with Crippen LogP contribution in [0.4, 0.5) is 5.69 Å². The lowest BCUT2D eigenvalue weighted by atomic mass is 10.3. The van der Waals surface area contributed by atoms with Gasteiger partial charge < -0.3 is 4.74 Å². The Morgan fingerprint density at radius 2 is 1.74 bits per heavy atom. The number of carbonyl (C=O) groups excluding carboxylic acids is 1. The smallest absolute Gasteiger partial charge is 0.326 e. The van der Waals surface area contributed by atoms with E-state index in [1.807, 2.05) is 0 Å². The summed E-state index contributed by atoms with van der Waals surface area (Å²) >= 11 is 11.7. The van der Waals surface area contributed by atoms with E-state index in [1.165, 1.54) is 25.3 Å². The predicted octanol–water partition coefficient (Wildman–Crippen LogP) is 3.36. The average molecular weight is 374 g/mol. The first-order chi connectivity index (χ1) is 10.9. The molecule has 0 aliphatic heterocycles. The van der Waals surface area contributed by atoms with Gasteiger partial charge in [0.1, 0.15) is 6.54 Å². The molecule has 5 nitrogen and oxygen atoms in total. The molecule has 0 unspecified atom stereocenters. The predicted molar refractivity (Wildman–Crippen MR) is 89.5 cm³/mol. The normalized spacial score (nSPS) is 11.1. The number of benzene rings is 2. The molecule has 0 saturated heterocycles. The third-order valence-electron chi connectivity index (χ3n) is 3.02. The number of hydrogen-bond donors (Lipinski definition) is 0. The van der Waals surface area contributed by atoms with Gasteiger partial charge in [0, 0.05) is 0 Å². The van der Waals surface area contributed by atoms with Crippen molar-refractivity contribution in [2.75, 3.05) is 18.0 Å². The number of para-hydroxylation sites is 1. The number of rotatable bonds is 5. The highest BCUT2D eigenvalue weighted by molar-refractivity contribution is 7.92. The van der Waals surface area contributed by atoms with E-state index in [-0.39, 0.29) is 14.9 Å². The molecule has 2 rings (SSSR count). The second kappa shape index (κ2) is 7.21. The molecule has 23 heavy (non-hydrogen) atoms. The average Bonchev–Trinajstić information content (AvgIpc) is 2.55. The maximum atomic E-state index is 12.9. The Bertz CT molecular complexity index is 809. The lowest BCUT2D eigenvalue weighted by Crippen LogP contribution is -2.36. The molecule has 0 N–H and O–H groups in total. The van der Waals surface area contributed by atoms with Crippen LogP contribution in [0.3, 0.4) is 0 Å². The van der Waals surface area contributed by atoms with Gasteiger partial charge in [-0.2, -0.15) is 0 Å². The fourth-order valence-electron chi connectivity index (χ4n) is 1.86. The van der Waals surface area contributed by atoms with Gasteiger partial charge in [0.2, 0.25) is 0 Å². The highest BCUT2D eigenvalue weighted by atomic mass is 35.5. The van der Waals surface area contributed by atoms with Crippen molar-refractivity contribution in [3.8, 4) is 0 Å². The lowest BCUT2D eigenvalue weighted by molar-refractivity contribution is -0.138. The first-order valence-corrected chi connectivity index (χ1v) is 8.65. The molecule has 0 saturated carbocycles. The van der Waals surface area contributed by atoms with Crippen molar-refractivity contribution in [2.24, 2.45) is 0 Å². The van der Waals surface area contributed by atoms with Crippen LogP contribution >= 0.6 is 23.2 Å². The molecule has 0 aliphatic carbocycles. The number of nitrogens with zero attached hydrogens (tertiary/aromatic N) is 1. The van der Waals surface area contributed by atoms with Crippen molar-refractivity contribution in [1.82, 2.24) is 0 Å². The maximum Gasteiger partial charge on any atom is 0.326 e. The molecule has 0 spiro atoms. The van der Waals surface area contributed by atoms with Gasteiger partial charge >= 0.3 is 5.97 Å². The minimum atomic E-state index is -4.01. The fourth-order valence-corrected chi connectivity index (χ4v) is 3.65. The van der Waals surface area contributed by atoms with Crippen molar-refractivity contribution in [3.05, 3.63) is 58.6 Å². The summed E-state index contributed by atoms with van der Waals surface area (Å²) in [4.78, 5) is 11.5. The number of methoxy groups -OCH3 is 1. The van der Waals surface area contributed by atoms with Gasteiger partial charge in [-0.05, 0) is 30.3 Å². The van der Waals surface area contributed by atoms with E-state index in [4.69, 9.17) is 23.2 Å². The largest absolute Gasteiger partial charge is 0.468 e. The third-order valence-corrected chi connectivity index (χ3v) is 5.53. The molecule has 0 fully saturated rings. The molecule has 0 atom stereocenters. The number of ether oxygens (including phenoxy) is 1. The fraction of sp³-hybridized carbons (Fsp3) is 0.133. The maximum absolute atomic E-state index is 12.9. The van der Waals surface area contributed by atoms with Crippen molar-refractivity contribution >= 4 is 44.9 Å². The summed E-state index contributed by atoms with van der Waals surface area (Å²) in [6, 6.07) is 12.2. The third kappa shape index (κ3) is 3.96. The van der Waals surface area contributed by atoms with Crippen LogP contribution in [0.5, 0.6) is 0 Å². The molecule has 0 heterocycles. The Balaban J connectivity index is 2.52. The van der Waals surface area contributed by atoms with Crippen LogP contribution in [0.25, 0.3) is 0 Å². The van der Waals surface area contributed by atoms with Crippen molar-refractivity contribution < 1.29 is 17.9 Å². The number of sulfonamides is 1. The zero-order valence-electron chi connectivity index (χ0n) is 12.1. The van der Waals surface area contributed by atoms with Gasteiger partial charge in [0.05, 0.1) is 27.7 Å². The van der Waals surface area contributed by atoms with Crippen LogP contribution in [0.1, 0.15) is 0 Å². The van der Waals surface area contributed by atoms with Crippen LogP contribution < -0.4 is 4.31 Å². The highest BCUT2D eigenvalue weighted by Gasteiger charge is 2.27. The first kappa shape index (κ1) is 17.6. The Morgan fingerprint density at radius 3 is 2.30 bits per heavy atom. The van der Waals surface area contributed by atoms with Gasteiger partial charge in [-0.15, -0.1) is 0 Å². The Labute approximate surface area is 144 Å². The van der Waals surface area contributed by atoms with Gasteiger partial charge in [0.25, 0.3) is 10.0 Å². The molecule has 0 amide bonds. The number of hydrogen-bond acceptors (Lipinski definition) is 4. The summed E-state index contributed by atoms with van der Waals surface area (Å²) in [5.74, 6) is -0.683. The van der Waals surface area contributed by atoms with Crippen LogP contribution in [-0.2, 0) is 19.6 Å². The SMILES string of the molecule is COC(=O)CN(c1ccccc1)S(=O)(=O)c1ccc(Cl)c(Cl)c1. The van der Waals surface area contributed by atoms with Gasteiger partial charge in [-0.25, -0.2) is 8.42 Å². The molecule has 2 aromatic rings. The van der Waals surface area contributed by atoms with Gasteiger partial charge in [-0.1, -0.05) is 41.4 Å². The van der Waals surface area contributed by atoms with E-state index in [2.05, 4.69) is 4.74 Å². The van der Waals surface area contributed by atoms with Crippen LogP contribution in [0.15, 0.2) is 53.4 Å². The zero-order valence-corrected chi connectivity index (χ0v) is 14.4. The van der Waals surface area contributed by atoms with Crippen molar-refractivity contribution in [2.45, 2.75) is 4.90 Å². The van der Waals surface area contributed by atoms with Crippen molar-refractivity contribution in [1.29, 1.82) is 0 Å². The second-order valence-corrected chi connectivity index (χ2v) is 7.18. The van der Waals surface area contributed by atoms with E-state index < -0.39 is 22.5 Å². The Hall–Kier alpha value is -1.76. The highest BCUT2D eigenvalue weighted by Crippen LogP contribution is 2.28. The van der Waals surface area contributed by atoms with E-state index in [1.54, 1.807) is 30.3 Å². The van der Waals surface area contributed by atoms with E-state index in [0.717, 1.165) is 4.31 Å². The zero-order chi connectivity index (χ0) is 17.0. The van der Waals surface area contributed by atoms with Gasteiger partial charge in [0.15, 0.2) is 0 Å². The molecule has 2 aromatic carbocycles. The molecule has 8 heteroatoms.